The molecule has 2 rings (SSSR count). The molecule has 1 aromatic carbocycles. The summed E-state index contributed by atoms with van der Waals surface area (Å²) in [6, 6.07) is 5.07. The molecule has 0 aliphatic rings. The maximum Gasteiger partial charge on any atom is 0.407 e. The van der Waals surface area contributed by atoms with E-state index in [9.17, 15) is 4.79 Å². The van der Waals surface area contributed by atoms with Gasteiger partial charge in [-0.05, 0) is 12.1 Å². The number of aromatic nitrogens is 2. The van der Waals surface area contributed by atoms with Gasteiger partial charge in [0.15, 0.2) is 0 Å². The van der Waals surface area contributed by atoms with Gasteiger partial charge in [-0.15, -0.1) is 0 Å². The lowest BCUT2D eigenvalue weighted by Gasteiger charge is -2.19. The molecular formula is C13H13Cl2N3O2. The Labute approximate surface area is 126 Å². The van der Waals surface area contributed by atoms with Gasteiger partial charge in [-0.1, -0.05) is 29.3 Å². The van der Waals surface area contributed by atoms with Crippen LogP contribution in [0.1, 0.15) is 11.7 Å². The second-order valence-corrected chi connectivity index (χ2v) is 4.91. The molecule has 0 saturated carbocycles. The number of hydrogen-bond donors (Lipinski definition) is 1. The third-order valence-corrected chi connectivity index (χ3v) is 3.26. The highest BCUT2D eigenvalue weighted by Gasteiger charge is 2.19. The Bertz CT molecular complexity index is 587. The Kier molecular flexibility index (Phi) is 4.87. The first-order valence-electron chi connectivity index (χ1n) is 5.89. The maximum absolute atomic E-state index is 11.5. The number of ether oxygens (including phenoxy) is 1. The van der Waals surface area contributed by atoms with E-state index in [4.69, 9.17) is 27.9 Å². The van der Waals surface area contributed by atoms with Gasteiger partial charge in [-0.25, -0.2) is 9.78 Å². The second-order valence-electron chi connectivity index (χ2n) is 4.07. The van der Waals surface area contributed by atoms with E-state index in [0.29, 0.717) is 22.2 Å². The van der Waals surface area contributed by atoms with Crippen molar-refractivity contribution in [3.63, 3.8) is 0 Å². The molecule has 1 amide bonds. The number of amides is 1. The van der Waals surface area contributed by atoms with E-state index < -0.39 is 12.2 Å². The number of rotatable bonds is 4. The molecule has 1 atom stereocenters. The van der Waals surface area contributed by atoms with Crippen LogP contribution in [0.3, 0.4) is 0 Å². The summed E-state index contributed by atoms with van der Waals surface area (Å²) in [6.45, 7) is 0.411. The molecular weight excluding hydrogens is 301 g/mol. The topological polar surface area (TPSA) is 56.1 Å². The number of nitrogens with one attached hydrogen (secondary N) is 1. The van der Waals surface area contributed by atoms with Crippen LogP contribution in [0, 0.1) is 0 Å². The zero-order chi connectivity index (χ0) is 14.5. The van der Waals surface area contributed by atoms with E-state index in [2.05, 4.69) is 10.3 Å². The van der Waals surface area contributed by atoms with Crippen LogP contribution < -0.4 is 5.32 Å². The highest BCUT2D eigenvalue weighted by molar-refractivity contribution is 6.35. The summed E-state index contributed by atoms with van der Waals surface area (Å²) in [4.78, 5) is 15.4. The molecule has 106 valence electrons. The highest BCUT2D eigenvalue weighted by Crippen LogP contribution is 2.29. The van der Waals surface area contributed by atoms with E-state index in [1.807, 2.05) is 0 Å². The van der Waals surface area contributed by atoms with Crippen molar-refractivity contribution in [3.8, 4) is 0 Å². The van der Waals surface area contributed by atoms with Crippen molar-refractivity contribution >= 4 is 29.3 Å². The molecule has 0 aliphatic carbocycles. The lowest BCUT2D eigenvalue weighted by molar-refractivity contribution is 0.0891. The fraction of sp³-hybridized carbons (Fsp3) is 0.231. The minimum absolute atomic E-state index is 0.411. The number of benzene rings is 1. The predicted molar refractivity (Wildman–Crippen MR) is 77.0 cm³/mol. The first-order chi connectivity index (χ1) is 9.60. The van der Waals surface area contributed by atoms with Gasteiger partial charge in [-0.3, -0.25) is 0 Å². The van der Waals surface area contributed by atoms with Crippen molar-refractivity contribution < 1.29 is 9.53 Å². The standard InChI is InChI=1S/C13H13Cl2N3O2/c1-16-13(19)20-12(7-18-5-4-17-8-18)10-3-2-9(14)6-11(10)15/h2-6,8,12H,7H2,1H3,(H,16,19). The fourth-order valence-corrected chi connectivity index (χ4v) is 2.27. The molecule has 0 spiro atoms. The Hall–Kier alpha value is -1.72. The number of hydrogen-bond acceptors (Lipinski definition) is 3. The third-order valence-electron chi connectivity index (χ3n) is 2.70. The molecule has 1 unspecified atom stereocenters. The van der Waals surface area contributed by atoms with Crippen molar-refractivity contribution in [1.29, 1.82) is 0 Å². The molecule has 1 aromatic heterocycles. The second kappa shape index (κ2) is 6.63. The Balaban J connectivity index is 2.27. The van der Waals surface area contributed by atoms with Crippen LogP contribution in [0.5, 0.6) is 0 Å². The summed E-state index contributed by atoms with van der Waals surface area (Å²) in [5.41, 5.74) is 0.688. The molecule has 1 N–H and O–H groups in total. The smallest absolute Gasteiger partial charge is 0.407 e. The van der Waals surface area contributed by atoms with Crippen LogP contribution in [-0.4, -0.2) is 22.7 Å². The first-order valence-corrected chi connectivity index (χ1v) is 6.65. The van der Waals surface area contributed by atoms with Crippen LogP contribution >= 0.6 is 23.2 Å². The van der Waals surface area contributed by atoms with Crippen molar-refractivity contribution in [1.82, 2.24) is 14.9 Å². The first kappa shape index (κ1) is 14.7. The van der Waals surface area contributed by atoms with Gasteiger partial charge in [0.25, 0.3) is 0 Å². The Morgan fingerprint density at radius 1 is 1.50 bits per heavy atom. The normalized spacial score (nSPS) is 11.9. The lowest BCUT2D eigenvalue weighted by Crippen LogP contribution is -2.24. The van der Waals surface area contributed by atoms with Crippen molar-refractivity contribution in [3.05, 3.63) is 52.5 Å². The number of carbonyl (C=O) groups excluding carboxylic acids is 1. The largest absolute Gasteiger partial charge is 0.439 e. The molecule has 20 heavy (non-hydrogen) atoms. The molecule has 2 aromatic rings. The number of carbonyl (C=O) groups is 1. The molecule has 7 heteroatoms. The summed E-state index contributed by atoms with van der Waals surface area (Å²) >= 11 is 12.0. The maximum atomic E-state index is 11.5. The number of halogens is 2. The van der Waals surface area contributed by atoms with Crippen LogP contribution in [-0.2, 0) is 11.3 Å². The molecule has 0 saturated heterocycles. The SMILES string of the molecule is CNC(=O)OC(Cn1ccnc1)c1ccc(Cl)cc1Cl. The van der Waals surface area contributed by atoms with Crippen LogP contribution in [0.25, 0.3) is 0 Å². The molecule has 0 radical (unpaired) electrons. The number of nitrogens with zero attached hydrogens (tertiary/aromatic N) is 2. The molecule has 1 heterocycles. The zero-order valence-electron chi connectivity index (χ0n) is 10.7. The van der Waals surface area contributed by atoms with Gasteiger partial charge in [-0.2, -0.15) is 0 Å². The van der Waals surface area contributed by atoms with Crippen LogP contribution in [0.4, 0.5) is 4.79 Å². The minimum Gasteiger partial charge on any atom is -0.439 e. The summed E-state index contributed by atoms with van der Waals surface area (Å²) in [6.07, 6.45) is 4.02. The fourth-order valence-electron chi connectivity index (χ4n) is 1.74. The van der Waals surface area contributed by atoms with E-state index >= 15 is 0 Å². The Morgan fingerprint density at radius 2 is 2.30 bits per heavy atom. The summed E-state index contributed by atoms with van der Waals surface area (Å²) in [5.74, 6) is 0. The van der Waals surface area contributed by atoms with Crippen LogP contribution in [0.2, 0.25) is 10.0 Å². The third kappa shape index (κ3) is 3.65. The minimum atomic E-state index is -0.533. The van der Waals surface area contributed by atoms with Crippen molar-refractivity contribution in [2.75, 3.05) is 7.05 Å². The molecule has 5 nitrogen and oxygen atoms in total. The van der Waals surface area contributed by atoms with Crippen molar-refractivity contribution in [2.24, 2.45) is 0 Å². The average molecular weight is 314 g/mol. The van der Waals surface area contributed by atoms with E-state index in [1.54, 1.807) is 41.5 Å². The average Bonchev–Trinajstić information content (AvgIpc) is 2.91. The highest BCUT2D eigenvalue weighted by atomic mass is 35.5. The predicted octanol–water partition coefficient (Wildman–Crippen LogP) is 3.29. The van der Waals surface area contributed by atoms with Gasteiger partial charge in [0.05, 0.1) is 12.9 Å². The number of imidazole rings is 1. The number of alkyl carbamates (subject to hydrolysis) is 1. The summed E-state index contributed by atoms with van der Waals surface area (Å²) in [5, 5.41) is 3.40. The summed E-state index contributed by atoms with van der Waals surface area (Å²) < 4.78 is 7.16. The summed E-state index contributed by atoms with van der Waals surface area (Å²) in [7, 11) is 1.50. The van der Waals surface area contributed by atoms with E-state index in [1.165, 1.54) is 7.05 Å². The molecule has 0 fully saturated rings. The monoisotopic (exact) mass is 313 g/mol. The van der Waals surface area contributed by atoms with E-state index in [-0.39, 0.29) is 0 Å². The molecule has 0 aliphatic heterocycles. The van der Waals surface area contributed by atoms with Gasteiger partial charge >= 0.3 is 6.09 Å². The van der Waals surface area contributed by atoms with Crippen LogP contribution in [0.15, 0.2) is 36.9 Å². The Morgan fingerprint density at radius 3 is 2.90 bits per heavy atom. The van der Waals surface area contributed by atoms with Gasteiger partial charge < -0.3 is 14.6 Å². The van der Waals surface area contributed by atoms with E-state index in [0.717, 1.165) is 0 Å². The lowest BCUT2D eigenvalue weighted by atomic mass is 10.1. The van der Waals surface area contributed by atoms with Gasteiger partial charge in [0.2, 0.25) is 0 Å². The van der Waals surface area contributed by atoms with Crippen molar-refractivity contribution in [2.45, 2.75) is 12.6 Å². The molecule has 0 bridgehead atoms. The quantitative estimate of drug-likeness (QED) is 0.942. The van der Waals surface area contributed by atoms with Gasteiger partial charge in [0.1, 0.15) is 6.10 Å². The zero-order valence-corrected chi connectivity index (χ0v) is 12.2. The van der Waals surface area contributed by atoms with Gasteiger partial charge in [0, 0.05) is 35.1 Å².